The lowest BCUT2D eigenvalue weighted by atomic mass is 9.96. The summed E-state index contributed by atoms with van der Waals surface area (Å²) in [6, 6.07) is 1.19. The molecule has 3 heteroatoms. The third kappa shape index (κ3) is 2.73. The molecule has 2 aliphatic carbocycles. The third-order valence-corrected chi connectivity index (χ3v) is 9.03. The van der Waals surface area contributed by atoms with Gasteiger partial charge in [0.1, 0.15) is 0 Å². The van der Waals surface area contributed by atoms with Gasteiger partial charge in [0.25, 0.3) is 0 Å². The summed E-state index contributed by atoms with van der Waals surface area (Å²) in [5.41, 5.74) is 0.542. The van der Waals surface area contributed by atoms with Gasteiger partial charge in [0.05, 0.1) is 0 Å². The van der Waals surface area contributed by atoms with Crippen molar-refractivity contribution in [2.45, 2.75) is 52.1 Å². The lowest BCUT2D eigenvalue weighted by Crippen LogP contribution is -2.47. The van der Waals surface area contributed by atoms with Gasteiger partial charge in [0, 0.05) is 13.2 Å². The Morgan fingerprint density at radius 2 is 1.78 bits per heavy atom. The van der Waals surface area contributed by atoms with Gasteiger partial charge in [-0.25, -0.2) is 0 Å². The van der Waals surface area contributed by atoms with Gasteiger partial charge in [-0.15, -0.1) is 0 Å². The monoisotopic (exact) mass is 268 g/mol. The van der Waals surface area contributed by atoms with Gasteiger partial charge in [0.2, 0.25) is 0 Å². The van der Waals surface area contributed by atoms with Crippen molar-refractivity contribution in [1.82, 2.24) is 0 Å². The van der Waals surface area contributed by atoms with Crippen molar-refractivity contribution in [2.24, 2.45) is 17.8 Å². The summed E-state index contributed by atoms with van der Waals surface area (Å²) in [6.07, 6.45) is 7.60. The summed E-state index contributed by atoms with van der Waals surface area (Å²) in [7, 11) is -2.01. The number of fused-ring (bicyclic) bond motifs is 2. The lowest BCUT2D eigenvalue weighted by Gasteiger charge is -2.36. The zero-order valence-corrected chi connectivity index (χ0v) is 13.3. The van der Waals surface area contributed by atoms with E-state index < -0.39 is 8.56 Å². The molecule has 18 heavy (non-hydrogen) atoms. The molecule has 3 unspecified atom stereocenters. The quantitative estimate of drug-likeness (QED) is 0.511. The summed E-state index contributed by atoms with van der Waals surface area (Å²) in [6.45, 7) is 10.3. The smallest absolute Gasteiger partial charge is 0.341 e. The van der Waals surface area contributed by atoms with E-state index in [2.05, 4.69) is 39.8 Å². The molecule has 0 aromatic carbocycles. The zero-order valence-electron chi connectivity index (χ0n) is 12.3. The third-order valence-electron chi connectivity index (χ3n) is 4.62. The molecule has 0 aliphatic heterocycles. The number of allylic oxidation sites excluding steroid dienone is 2. The molecule has 1 fully saturated rings. The Morgan fingerprint density at radius 3 is 2.17 bits per heavy atom. The largest absolute Gasteiger partial charge is 0.394 e. The van der Waals surface area contributed by atoms with Crippen molar-refractivity contribution in [3.63, 3.8) is 0 Å². The first-order valence-corrected chi connectivity index (χ1v) is 9.67. The number of rotatable bonds is 7. The normalized spacial score (nSPS) is 30.6. The molecule has 0 aromatic rings. The SMILES string of the molecule is CCO[Si](CC1CC2C=CC1C2)(OCC)C(C)C. The Labute approximate surface area is 113 Å². The predicted octanol–water partition coefficient (Wildman–Crippen LogP) is 4.12. The molecule has 104 valence electrons. The highest BCUT2D eigenvalue weighted by molar-refractivity contribution is 6.68. The molecule has 2 nitrogen and oxygen atoms in total. The molecule has 0 radical (unpaired) electrons. The molecule has 0 heterocycles. The maximum Gasteiger partial charge on any atom is 0.341 e. The van der Waals surface area contributed by atoms with Crippen LogP contribution in [0.4, 0.5) is 0 Å². The standard InChI is InChI=1S/C15H28O2Si/c1-5-16-18(12(3)4,17-6-2)11-15-10-13-7-8-14(15)9-13/h7-8,12-15H,5-6,9-11H2,1-4H3. The van der Waals surface area contributed by atoms with Crippen LogP contribution in [-0.2, 0) is 8.85 Å². The second kappa shape index (κ2) is 5.89. The molecule has 0 aromatic heterocycles. The van der Waals surface area contributed by atoms with Crippen LogP contribution in [0.25, 0.3) is 0 Å². The molecule has 2 bridgehead atoms. The van der Waals surface area contributed by atoms with Gasteiger partial charge in [-0.3, -0.25) is 0 Å². The van der Waals surface area contributed by atoms with Crippen molar-refractivity contribution in [3.05, 3.63) is 12.2 Å². The molecule has 0 amide bonds. The van der Waals surface area contributed by atoms with Crippen LogP contribution < -0.4 is 0 Å². The highest BCUT2D eigenvalue weighted by atomic mass is 28.4. The van der Waals surface area contributed by atoms with Gasteiger partial charge in [0.15, 0.2) is 0 Å². The Kier molecular flexibility index (Phi) is 4.68. The average molecular weight is 268 g/mol. The van der Waals surface area contributed by atoms with Crippen LogP contribution in [-0.4, -0.2) is 21.8 Å². The van der Waals surface area contributed by atoms with Crippen molar-refractivity contribution in [3.8, 4) is 0 Å². The van der Waals surface area contributed by atoms with Crippen LogP contribution in [0, 0.1) is 17.8 Å². The fourth-order valence-electron chi connectivity index (χ4n) is 3.71. The fraction of sp³-hybridized carbons (Fsp3) is 0.867. The molecular weight excluding hydrogens is 240 g/mol. The zero-order chi connectivity index (χ0) is 13.2. The minimum absolute atomic E-state index is 0.542. The van der Waals surface area contributed by atoms with E-state index in [1.807, 2.05) is 0 Å². The van der Waals surface area contributed by atoms with E-state index >= 15 is 0 Å². The van der Waals surface area contributed by atoms with Crippen LogP contribution in [0.3, 0.4) is 0 Å². The van der Waals surface area contributed by atoms with Gasteiger partial charge >= 0.3 is 8.56 Å². The van der Waals surface area contributed by atoms with Crippen molar-refractivity contribution < 1.29 is 8.85 Å². The second-order valence-corrected chi connectivity index (χ2v) is 9.84. The van der Waals surface area contributed by atoms with Gasteiger partial charge < -0.3 is 8.85 Å². The fourth-order valence-corrected chi connectivity index (χ4v) is 7.35. The Balaban J connectivity index is 2.06. The van der Waals surface area contributed by atoms with E-state index in [0.29, 0.717) is 5.54 Å². The van der Waals surface area contributed by atoms with E-state index in [0.717, 1.165) is 31.0 Å². The molecule has 1 saturated carbocycles. The highest BCUT2D eigenvalue weighted by Crippen LogP contribution is 2.48. The molecule has 0 N–H and O–H groups in total. The number of hydrogen-bond acceptors (Lipinski definition) is 2. The minimum Gasteiger partial charge on any atom is -0.394 e. The van der Waals surface area contributed by atoms with E-state index in [1.165, 1.54) is 18.9 Å². The van der Waals surface area contributed by atoms with Crippen molar-refractivity contribution >= 4 is 8.56 Å². The van der Waals surface area contributed by atoms with E-state index in [1.54, 1.807) is 0 Å². The van der Waals surface area contributed by atoms with Crippen LogP contribution in [0.2, 0.25) is 11.6 Å². The number of hydrogen-bond donors (Lipinski definition) is 0. The predicted molar refractivity (Wildman–Crippen MR) is 77.8 cm³/mol. The van der Waals surface area contributed by atoms with Crippen LogP contribution >= 0.6 is 0 Å². The summed E-state index contributed by atoms with van der Waals surface area (Å²) < 4.78 is 12.4. The Hall–Kier alpha value is -0.123. The molecule has 3 atom stereocenters. The Morgan fingerprint density at radius 1 is 1.11 bits per heavy atom. The molecule has 2 rings (SSSR count). The van der Waals surface area contributed by atoms with Crippen LogP contribution in [0.15, 0.2) is 12.2 Å². The topological polar surface area (TPSA) is 18.5 Å². The van der Waals surface area contributed by atoms with Gasteiger partial charge in [-0.2, -0.15) is 0 Å². The maximum absolute atomic E-state index is 6.19. The second-order valence-electron chi connectivity index (χ2n) is 6.08. The first-order chi connectivity index (χ1) is 8.61. The van der Waals surface area contributed by atoms with E-state index in [-0.39, 0.29) is 0 Å². The average Bonchev–Trinajstić information content (AvgIpc) is 2.91. The van der Waals surface area contributed by atoms with Gasteiger partial charge in [-0.05, 0) is 56.0 Å². The molecule has 0 spiro atoms. The van der Waals surface area contributed by atoms with Gasteiger partial charge in [-0.1, -0.05) is 26.0 Å². The molecular formula is C15H28O2Si. The highest BCUT2D eigenvalue weighted by Gasteiger charge is 2.47. The summed E-state index contributed by atoms with van der Waals surface area (Å²) in [5.74, 6) is 2.47. The first-order valence-electron chi connectivity index (χ1n) is 7.57. The van der Waals surface area contributed by atoms with E-state index in [4.69, 9.17) is 8.85 Å². The van der Waals surface area contributed by atoms with Crippen LogP contribution in [0.5, 0.6) is 0 Å². The summed E-state index contributed by atoms with van der Waals surface area (Å²) in [5, 5.41) is 0. The molecule has 0 saturated heterocycles. The molecule has 2 aliphatic rings. The van der Waals surface area contributed by atoms with Crippen LogP contribution in [0.1, 0.15) is 40.5 Å². The van der Waals surface area contributed by atoms with E-state index in [9.17, 15) is 0 Å². The summed E-state index contributed by atoms with van der Waals surface area (Å²) in [4.78, 5) is 0. The Bertz CT molecular complexity index is 295. The van der Waals surface area contributed by atoms with Crippen molar-refractivity contribution in [1.29, 1.82) is 0 Å². The summed E-state index contributed by atoms with van der Waals surface area (Å²) >= 11 is 0. The first kappa shape index (κ1) is 14.3. The lowest BCUT2D eigenvalue weighted by molar-refractivity contribution is 0.167. The maximum atomic E-state index is 6.19. The van der Waals surface area contributed by atoms with Crippen molar-refractivity contribution in [2.75, 3.05) is 13.2 Å². The minimum atomic E-state index is -2.01.